The van der Waals surface area contributed by atoms with Crippen LogP contribution in [-0.4, -0.2) is 4.98 Å². The Balaban J connectivity index is 2.03. The summed E-state index contributed by atoms with van der Waals surface area (Å²) in [5, 5.41) is 0. The highest BCUT2D eigenvalue weighted by Crippen LogP contribution is 2.21. The number of benzene rings is 1. The molecule has 0 amide bonds. The van der Waals surface area contributed by atoms with Gasteiger partial charge in [0.25, 0.3) is 0 Å². The number of hydrogen-bond acceptors (Lipinski definition) is 3. The number of pyridine rings is 1. The van der Waals surface area contributed by atoms with E-state index in [2.05, 4.69) is 17.6 Å². The smallest absolute Gasteiger partial charge is 0.133 e. The van der Waals surface area contributed by atoms with Gasteiger partial charge in [0.15, 0.2) is 0 Å². The summed E-state index contributed by atoms with van der Waals surface area (Å²) in [6.07, 6.45) is 1.76. The van der Waals surface area contributed by atoms with Crippen LogP contribution in [-0.2, 0) is 6.61 Å². The third kappa shape index (κ3) is 2.73. The maximum Gasteiger partial charge on any atom is 0.133 e. The molecule has 2 aromatic rings. The summed E-state index contributed by atoms with van der Waals surface area (Å²) in [7, 11) is 0. The summed E-state index contributed by atoms with van der Waals surface area (Å²) in [5.41, 5.74) is 0.911. The zero-order chi connectivity index (χ0) is 10.5. The van der Waals surface area contributed by atoms with Crippen LogP contribution < -0.4 is 4.74 Å². The van der Waals surface area contributed by atoms with Gasteiger partial charge in [-0.2, -0.15) is 0 Å². The Bertz CT molecular complexity index is 431. The first kappa shape index (κ1) is 10.1. The Labute approximate surface area is 94.3 Å². The largest absolute Gasteiger partial charge is 0.486 e. The topological polar surface area (TPSA) is 22.1 Å². The van der Waals surface area contributed by atoms with Crippen molar-refractivity contribution in [3.8, 4) is 5.75 Å². The van der Waals surface area contributed by atoms with Crippen LogP contribution in [0.3, 0.4) is 0 Å². The average molecular weight is 217 g/mol. The minimum atomic E-state index is 0.471. The number of para-hydroxylation sites is 1. The molecule has 0 unspecified atom stereocenters. The molecule has 1 aromatic carbocycles. The predicted molar refractivity (Wildman–Crippen MR) is 62.3 cm³/mol. The van der Waals surface area contributed by atoms with Gasteiger partial charge in [-0.05, 0) is 24.3 Å². The van der Waals surface area contributed by atoms with Gasteiger partial charge in [0, 0.05) is 11.1 Å². The average Bonchev–Trinajstić information content (AvgIpc) is 2.29. The highest BCUT2D eigenvalue weighted by molar-refractivity contribution is 7.80. The fraction of sp³-hybridized carbons (Fsp3) is 0.0833. The lowest BCUT2D eigenvalue weighted by molar-refractivity contribution is 0.294. The van der Waals surface area contributed by atoms with E-state index in [0.717, 1.165) is 16.3 Å². The second kappa shape index (κ2) is 4.84. The van der Waals surface area contributed by atoms with Gasteiger partial charge in [-0.1, -0.05) is 18.2 Å². The van der Waals surface area contributed by atoms with E-state index in [-0.39, 0.29) is 0 Å². The maximum atomic E-state index is 5.58. The van der Waals surface area contributed by atoms with E-state index >= 15 is 0 Å². The SMILES string of the molecule is Sc1ccccc1OCc1ccccn1. The van der Waals surface area contributed by atoms with E-state index in [9.17, 15) is 0 Å². The van der Waals surface area contributed by atoms with Crippen molar-refractivity contribution in [2.75, 3.05) is 0 Å². The highest BCUT2D eigenvalue weighted by atomic mass is 32.1. The van der Waals surface area contributed by atoms with Gasteiger partial charge >= 0.3 is 0 Å². The summed E-state index contributed by atoms with van der Waals surface area (Å²) in [6.45, 7) is 0.471. The molecule has 3 heteroatoms. The lowest BCUT2D eigenvalue weighted by Crippen LogP contribution is -1.97. The fourth-order valence-electron chi connectivity index (χ4n) is 1.21. The van der Waals surface area contributed by atoms with Crippen molar-refractivity contribution in [2.24, 2.45) is 0 Å². The molecule has 0 N–H and O–H groups in total. The Hall–Kier alpha value is -1.48. The van der Waals surface area contributed by atoms with Crippen molar-refractivity contribution in [1.82, 2.24) is 4.98 Å². The van der Waals surface area contributed by atoms with E-state index in [1.165, 1.54) is 0 Å². The van der Waals surface area contributed by atoms with E-state index in [4.69, 9.17) is 4.74 Å². The first-order chi connectivity index (χ1) is 7.36. The van der Waals surface area contributed by atoms with Crippen LogP contribution in [0.4, 0.5) is 0 Å². The molecule has 0 aliphatic rings. The number of rotatable bonds is 3. The van der Waals surface area contributed by atoms with E-state index in [1.54, 1.807) is 6.20 Å². The molecule has 0 atom stereocenters. The molecule has 0 saturated heterocycles. The molecule has 0 bridgehead atoms. The second-order valence-corrected chi connectivity index (χ2v) is 3.56. The van der Waals surface area contributed by atoms with Crippen molar-refractivity contribution < 1.29 is 4.74 Å². The first-order valence-corrected chi connectivity index (χ1v) is 5.12. The summed E-state index contributed by atoms with van der Waals surface area (Å²) in [5.74, 6) is 0.784. The second-order valence-electron chi connectivity index (χ2n) is 3.08. The van der Waals surface area contributed by atoms with Gasteiger partial charge in [-0.3, -0.25) is 4.98 Å². The van der Waals surface area contributed by atoms with Gasteiger partial charge in [0.05, 0.1) is 5.69 Å². The van der Waals surface area contributed by atoms with Crippen molar-refractivity contribution in [3.63, 3.8) is 0 Å². The van der Waals surface area contributed by atoms with Crippen LogP contribution in [0, 0.1) is 0 Å². The molecular weight excluding hydrogens is 206 g/mol. The summed E-state index contributed by atoms with van der Waals surface area (Å²) < 4.78 is 5.58. The van der Waals surface area contributed by atoms with E-state index < -0.39 is 0 Å². The Morgan fingerprint density at radius 3 is 2.60 bits per heavy atom. The molecular formula is C12H11NOS. The zero-order valence-corrected chi connectivity index (χ0v) is 9.02. The Morgan fingerprint density at radius 2 is 1.87 bits per heavy atom. The summed E-state index contributed by atoms with van der Waals surface area (Å²) >= 11 is 4.30. The predicted octanol–water partition coefficient (Wildman–Crippen LogP) is 2.95. The fourth-order valence-corrected chi connectivity index (χ4v) is 1.44. The third-order valence-electron chi connectivity index (χ3n) is 1.97. The van der Waals surface area contributed by atoms with Crippen LogP contribution in [0.15, 0.2) is 53.6 Å². The van der Waals surface area contributed by atoms with Crippen molar-refractivity contribution >= 4 is 12.6 Å². The molecule has 76 valence electrons. The lowest BCUT2D eigenvalue weighted by Gasteiger charge is -2.07. The van der Waals surface area contributed by atoms with Crippen LogP contribution in [0.5, 0.6) is 5.75 Å². The molecule has 2 rings (SSSR count). The quantitative estimate of drug-likeness (QED) is 0.798. The summed E-state index contributed by atoms with van der Waals surface area (Å²) in [4.78, 5) is 5.01. The molecule has 0 spiro atoms. The van der Waals surface area contributed by atoms with Gasteiger partial charge in [-0.25, -0.2) is 0 Å². The number of nitrogens with zero attached hydrogens (tertiary/aromatic N) is 1. The molecule has 0 aliphatic heterocycles. The molecule has 0 radical (unpaired) electrons. The molecule has 0 saturated carbocycles. The van der Waals surface area contributed by atoms with Crippen molar-refractivity contribution in [1.29, 1.82) is 0 Å². The molecule has 0 fully saturated rings. The highest BCUT2D eigenvalue weighted by Gasteiger charge is 1.99. The Morgan fingerprint density at radius 1 is 1.07 bits per heavy atom. The number of thiol groups is 1. The summed E-state index contributed by atoms with van der Waals surface area (Å²) in [6, 6.07) is 13.4. The molecule has 0 aliphatic carbocycles. The Kier molecular flexibility index (Phi) is 3.25. The monoisotopic (exact) mass is 217 g/mol. The van der Waals surface area contributed by atoms with Crippen molar-refractivity contribution in [2.45, 2.75) is 11.5 Å². The minimum Gasteiger partial charge on any atom is -0.486 e. The molecule has 1 heterocycles. The van der Waals surface area contributed by atoms with Crippen LogP contribution >= 0.6 is 12.6 Å². The normalized spacial score (nSPS) is 9.93. The van der Waals surface area contributed by atoms with E-state index in [0.29, 0.717) is 6.61 Å². The molecule has 1 aromatic heterocycles. The lowest BCUT2D eigenvalue weighted by atomic mass is 10.3. The van der Waals surface area contributed by atoms with Crippen LogP contribution in [0.25, 0.3) is 0 Å². The number of ether oxygens (including phenoxy) is 1. The van der Waals surface area contributed by atoms with Crippen molar-refractivity contribution in [3.05, 3.63) is 54.4 Å². The van der Waals surface area contributed by atoms with Gasteiger partial charge in [0.2, 0.25) is 0 Å². The van der Waals surface area contributed by atoms with Gasteiger partial charge in [0.1, 0.15) is 12.4 Å². The maximum absolute atomic E-state index is 5.58. The molecule has 2 nitrogen and oxygen atoms in total. The number of aromatic nitrogens is 1. The standard InChI is InChI=1S/C12H11NOS/c15-12-7-2-1-6-11(12)14-9-10-5-3-4-8-13-10/h1-8,15H,9H2. The van der Waals surface area contributed by atoms with E-state index in [1.807, 2.05) is 42.5 Å². The third-order valence-corrected chi connectivity index (χ3v) is 2.34. The number of hydrogen-bond donors (Lipinski definition) is 1. The van der Waals surface area contributed by atoms with Crippen LogP contribution in [0.1, 0.15) is 5.69 Å². The zero-order valence-electron chi connectivity index (χ0n) is 8.13. The van der Waals surface area contributed by atoms with Gasteiger partial charge in [-0.15, -0.1) is 12.6 Å². The van der Waals surface area contributed by atoms with Crippen LogP contribution in [0.2, 0.25) is 0 Å². The minimum absolute atomic E-state index is 0.471. The van der Waals surface area contributed by atoms with Gasteiger partial charge < -0.3 is 4.74 Å². The molecule has 15 heavy (non-hydrogen) atoms. The first-order valence-electron chi connectivity index (χ1n) is 4.67.